The molecule has 0 aliphatic rings. The third-order valence-corrected chi connectivity index (χ3v) is 14.8. The predicted octanol–water partition coefficient (Wildman–Crippen LogP) is 6.78. The number of hydrogen-bond acceptors (Lipinski definition) is 3. The highest BCUT2D eigenvalue weighted by molar-refractivity contribution is 9.12. The maximum absolute atomic E-state index is 12.7. The van der Waals surface area contributed by atoms with Crippen molar-refractivity contribution >= 4 is 59.5 Å². The van der Waals surface area contributed by atoms with E-state index in [0.717, 1.165) is 16.0 Å². The summed E-state index contributed by atoms with van der Waals surface area (Å²) in [5.74, 6) is 2.54. The number of thiophene rings is 1. The quantitative estimate of drug-likeness (QED) is 0.252. The van der Waals surface area contributed by atoms with Crippen LogP contribution in [-0.2, 0) is 11.0 Å². The van der Waals surface area contributed by atoms with Crippen LogP contribution in [0.15, 0.2) is 6.08 Å². The molecule has 0 bridgehead atoms. The number of halogens is 1. The van der Waals surface area contributed by atoms with Crippen LogP contribution >= 0.6 is 27.3 Å². The predicted molar refractivity (Wildman–Crippen MR) is 130 cm³/mol. The average molecular weight is 486 g/mol. The minimum atomic E-state index is -1.89. The molecule has 2 nitrogen and oxygen atoms in total. The fraction of sp³-hybridized carbons (Fsp3) is 0.571. The van der Waals surface area contributed by atoms with Gasteiger partial charge in [0.25, 0.3) is 0 Å². The maximum atomic E-state index is 12.7. The van der Waals surface area contributed by atoms with Gasteiger partial charge in [-0.2, -0.15) is 0 Å². The van der Waals surface area contributed by atoms with Crippen molar-refractivity contribution in [1.82, 2.24) is 0 Å². The van der Waals surface area contributed by atoms with E-state index >= 15 is 0 Å². The van der Waals surface area contributed by atoms with Gasteiger partial charge in [-0.15, -0.1) is 11.3 Å². The molecule has 1 heterocycles. The normalized spacial score (nSPS) is 13.4. The van der Waals surface area contributed by atoms with E-state index < -0.39 is 16.4 Å². The van der Waals surface area contributed by atoms with Gasteiger partial charge in [0.2, 0.25) is 5.78 Å². The zero-order valence-electron chi connectivity index (χ0n) is 18.4. The molecule has 0 aliphatic heterocycles. The molecule has 0 unspecified atom stereocenters. The second kappa shape index (κ2) is 8.92. The van der Waals surface area contributed by atoms with E-state index in [0.29, 0.717) is 6.61 Å². The lowest BCUT2D eigenvalue weighted by Gasteiger charge is -2.36. The number of ketones is 1. The molecule has 27 heavy (non-hydrogen) atoms. The standard InChI is InChI=1S/C21H33BrO2SSi2/c1-11-15(2)18-16(14-24-27(9,10)21(3,4)5)20(26(6,7)8)25-19(18)17(23)12-13-22/h11H,14H2,1-10H3/b15-11-. The summed E-state index contributed by atoms with van der Waals surface area (Å²) in [6, 6.07) is 0. The Hall–Kier alpha value is -0.456. The van der Waals surface area contributed by atoms with Gasteiger partial charge in [0.15, 0.2) is 8.32 Å². The Labute approximate surface area is 180 Å². The van der Waals surface area contributed by atoms with Crippen LogP contribution in [0.1, 0.15) is 55.4 Å². The molecule has 0 spiro atoms. The molecule has 1 aromatic rings. The summed E-state index contributed by atoms with van der Waals surface area (Å²) in [6.45, 7) is 23.0. The van der Waals surface area contributed by atoms with Crippen LogP contribution in [0.3, 0.4) is 0 Å². The van der Waals surface area contributed by atoms with Crippen LogP contribution in [-0.4, -0.2) is 22.2 Å². The van der Waals surface area contributed by atoms with Crippen LogP contribution in [0.2, 0.25) is 37.8 Å². The minimum Gasteiger partial charge on any atom is -0.413 e. The first kappa shape index (κ1) is 24.6. The van der Waals surface area contributed by atoms with Crippen LogP contribution in [0.4, 0.5) is 0 Å². The number of allylic oxidation sites excluding steroid dienone is 2. The second-order valence-corrected chi connectivity index (χ2v) is 21.0. The third-order valence-electron chi connectivity index (χ3n) is 5.27. The highest BCUT2D eigenvalue weighted by atomic mass is 79.9. The molecule has 150 valence electrons. The summed E-state index contributed by atoms with van der Waals surface area (Å²) < 4.78 is 7.93. The molecule has 0 aliphatic carbocycles. The molecule has 0 atom stereocenters. The van der Waals surface area contributed by atoms with E-state index in [9.17, 15) is 4.79 Å². The van der Waals surface area contributed by atoms with E-state index in [2.05, 4.69) is 93.2 Å². The van der Waals surface area contributed by atoms with E-state index in [1.54, 1.807) is 11.3 Å². The molecular formula is C21H33BrO2SSi2. The molecule has 0 saturated carbocycles. The lowest BCUT2D eigenvalue weighted by molar-refractivity contribution is 0.106. The molecule has 0 N–H and O–H groups in total. The lowest BCUT2D eigenvalue weighted by Crippen LogP contribution is -2.42. The molecule has 0 aromatic carbocycles. The minimum absolute atomic E-state index is 0.119. The third kappa shape index (κ3) is 5.77. The smallest absolute Gasteiger partial charge is 0.247 e. The summed E-state index contributed by atoms with van der Waals surface area (Å²) in [5.41, 5.74) is 3.36. The van der Waals surface area contributed by atoms with E-state index in [1.807, 2.05) is 6.92 Å². The summed E-state index contributed by atoms with van der Waals surface area (Å²) in [5, 5.41) is 0.151. The van der Waals surface area contributed by atoms with Gasteiger partial charge < -0.3 is 4.43 Å². The van der Waals surface area contributed by atoms with Crippen molar-refractivity contribution in [2.75, 3.05) is 0 Å². The van der Waals surface area contributed by atoms with Gasteiger partial charge in [-0.05, 0) is 58.4 Å². The van der Waals surface area contributed by atoms with Crippen LogP contribution in [0.5, 0.6) is 0 Å². The number of carbonyl (C=O) groups excluding carboxylic acids is 1. The molecule has 0 saturated heterocycles. The van der Waals surface area contributed by atoms with Gasteiger partial charge in [-0.3, -0.25) is 4.79 Å². The topological polar surface area (TPSA) is 26.3 Å². The lowest BCUT2D eigenvalue weighted by atomic mass is 10.0. The van der Waals surface area contributed by atoms with Gasteiger partial charge >= 0.3 is 0 Å². The molecule has 1 aromatic heterocycles. The first-order valence-corrected chi connectivity index (χ1v) is 17.3. The summed E-state index contributed by atoms with van der Waals surface area (Å²) in [6.07, 6.45) is 2.07. The van der Waals surface area contributed by atoms with Crippen molar-refractivity contribution in [3.8, 4) is 10.8 Å². The zero-order chi connectivity index (χ0) is 21.2. The number of Topliss-reactive ketones (excluding diaryl/α,β-unsaturated/α-hetero) is 1. The maximum Gasteiger partial charge on any atom is 0.247 e. The first-order chi connectivity index (χ1) is 12.2. The Morgan fingerprint density at radius 3 is 2.19 bits per heavy atom. The fourth-order valence-electron chi connectivity index (χ4n) is 2.50. The van der Waals surface area contributed by atoms with Gasteiger partial charge in [0, 0.05) is 21.5 Å². The fourth-order valence-corrected chi connectivity index (χ4v) is 7.27. The highest BCUT2D eigenvalue weighted by Crippen LogP contribution is 2.38. The first-order valence-electron chi connectivity index (χ1n) is 9.26. The van der Waals surface area contributed by atoms with Gasteiger partial charge in [-0.1, -0.05) is 46.5 Å². The molecule has 0 amide bonds. The Bertz CT molecular complexity index is 797. The molecule has 0 radical (unpaired) electrons. The van der Waals surface area contributed by atoms with Gasteiger partial charge in [0.05, 0.1) is 19.6 Å². The second-order valence-electron chi connectivity index (χ2n) is 9.43. The molecule has 6 heteroatoms. The monoisotopic (exact) mass is 484 g/mol. The van der Waals surface area contributed by atoms with Gasteiger partial charge in [0.1, 0.15) is 0 Å². The number of rotatable bonds is 6. The summed E-state index contributed by atoms with van der Waals surface area (Å²) >= 11 is 4.69. The van der Waals surface area contributed by atoms with Crippen molar-refractivity contribution in [2.24, 2.45) is 0 Å². The Morgan fingerprint density at radius 2 is 1.78 bits per heavy atom. The highest BCUT2D eigenvalue weighted by Gasteiger charge is 2.38. The molecule has 1 rings (SSSR count). The Morgan fingerprint density at radius 1 is 1.22 bits per heavy atom. The average Bonchev–Trinajstić information content (AvgIpc) is 2.91. The van der Waals surface area contributed by atoms with Crippen molar-refractivity contribution in [3.63, 3.8) is 0 Å². The summed E-state index contributed by atoms with van der Waals surface area (Å²) in [4.78, 5) is 16.0. The van der Waals surface area contributed by atoms with Crippen LogP contribution in [0, 0.1) is 10.8 Å². The SMILES string of the molecule is C/C=C(/C)c1c(C(=O)C#CBr)sc([Si](C)(C)C)c1CO[Si](C)(C)C(C)(C)C. The number of hydrogen-bond donors (Lipinski definition) is 0. The zero-order valence-corrected chi connectivity index (χ0v) is 22.8. The molecular weight excluding hydrogens is 452 g/mol. The summed E-state index contributed by atoms with van der Waals surface area (Å²) in [7, 11) is -3.53. The Balaban J connectivity index is 3.63. The number of carbonyl (C=O) groups is 1. The largest absolute Gasteiger partial charge is 0.413 e. The van der Waals surface area contributed by atoms with Crippen LogP contribution < -0.4 is 4.50 Å². The van der Waals surface area contributed by atoms with Gasteiger partial charge in [-0.25, -0.2) is 0 Å². The van der Waals surface area contributed by atoms with Crippen molar-refractivity contribution in [1.29, 1.82) is 0 Å². The molecule has 0 fully saturated rings. The Kier molecular flexibility index (Phi) is 8.12. The van der Waals surface area contributed by atoms with Crippen molar-refractivity contribution < 1.29 is 9.22 Å². The van der Waals surface area contributed by atoms with Crippen LogP contribution in [0.25, 0.3) is 5.57 Å². The van der Waals surface area contributed by atoms with Crippen molar-refractivity contribution in [2.45, 2.75) is 79.0 Å². The van der Waals surface area contributed by atoms with E-state index in [1.165, 1.54) is 10.1 Å². The van der Waals surface area contributed by atoms with E-state index in [-0.39, 0.29) is 10.8 Å². The van der Waals surface area contributed by atoms with Crippen molar-refractivity contribution in [3.05, 3.63) is 22.1 Å². The van der Waals surface area contributed by atoms with E-state index in [4.69, 9.17) is 4.43 Å².